The van der Waals surface area contributed by atoms with Crippen molar-refractivity contribution < 1.29 is 9.59 Å². The Balaban J connectivity index is 2.05. The smallest absolute Gasteiger partial charge is 0.236 e. The molecule has 1 heterocycles. The highest BCUT2D eigenvalue weighted by Gasteiger charge is 2.46. The Hall–Kier alpha value is -0.620. The van der Waals surface area contributed by atoms with Crippen LogP contribution in [0.5, 0.6) is 0 Å². The average Bonchev–Trinajstić information content (AvgIpc) is 2.76. The van der Waals surface area contributed by atoms with Gasteiger partial charge in [-0.25, -0.2) is 4.90 Å². The zero-order valence-electron chi connectivity index (χ0n) is 9.53. The fourth-order valence-corrected chi connectivity index (χ4v) is 3.92. The lowest BCUT2D eigenvalue weighted by Crippen LogP contribution is -2.46. The number of fused-ring (bicyclic) bond motifs is 2. The largest absolute Gasteiger partial charge is 0.274 e. The van der Waals surface area contributed by atoms with Gasteiger partial charge in [0, 0.05) is 20.4 Å². The van der Waals surface area contributed by atoms with Gasteiger partial charge in [-0.2, -0.15) is 0 Å². The number of imide groups is 1. The Bertz CT molecular complexity index is 524. The number of hydrogen-bond donors (Lipinski definition) is 0. The lowest BCUT2D eigenvalue weighted by atomic mass is 9.96. The van der Waals surface area contributed by atoms with E-state index in [1.54, 1.807) is 18.2 Å². The molecule has 2 atom stereocenters. The van der Waals surface area contributed by atoms with Gasteiger partial charge in [0.05, 0.1) is 5.69 Å². The van der Waals surface area contributed by atoms with Crippen LogP contribution in [0.15, 0.2) is 18.2 Å². The Kier molecular flexibility index (Phi) is 3.10. The number of halogens is 2. The first kappa shape index (κ1) is 12.4. The fraction of sp³-hybridized carbons (Fsp3) is 0.385. The van der Waals surface area contributed by atoms with E-state index in [0.717, 1.165) is 22.8 Å². The van der Waals surface area contributed by atoms with E-state index < -0.39 is 0 Å². The number of carbonyl (C=O) groups is 2. The van der Waals surface area contributed by atoms with Crippen LogP contribution in [0.1, 0.15) is 19.3 Å². The normalized spacial score (nSPS) is 26.9. The van der Waals surface area contributed by atoms with Crippen molar-refractivity contribution >= 4 is 51.7 Å². The van der Waals surface area contributed by atoms with Crippen molar-refractivity contribution in [2.45, 2.75) is 19.3 Å². The van der Waals surface area contributed by atoms with E-state index in [1.165, 1.54) is 4.90 Å². The van der Waals surface area contributed by atoms with Crippen LogP contribution in [0.2, 0.25) is 5.02 Å². The second-order valence-corrected chi connectivity index (χ2v) is 6.41. The zero-order valence-corrected chi connectivity index (χ0v) is 12.4. The fourth-order valence-electron chi connectivity index (χ4n) is 2.80. The molecule has 0 spiro atoms. The molecule has 1 aliphatic heterocycles. The predicted octanol–water partition coefficient (Wildman–Crippen LogP) is 3.23. The number of rotatable bonds is 1. The number of hydrogen-bond acceptors (Lipinski definition) is 2. The molecule has 2 unspecified atom stereocenters. The summed E-state index contributed by atoms with van der Waals surface area (Å²) in [6, 6.07) is 5.25. The van der Waals surface area contributed by atoms with Crippen molar-refractivity contribution in [1.29, 1.82) is 0 Å². The van der Waals surface area contributed by atoms with Gasteiger partial charge in [-0.3, -0.25) is 9.59 Å². The van der Waals surface area contributed by atoms with Crippen molar-refractivity contribution in [3.05, 3.63) is 26.8 Å². The molecule has 0 N–H and O–H groups in total. The summed E-state index contributed by atoms with van der Waals surface area (Å²) in [5, 5.41) is 0.614. The van der Waals surface area contributed by atoms with Gasteiger partial charge < -0.3 is 0 Å². The van der Waals surface area contributed by atoms with E-state index in [4.69, 9.17) is 11.6 Å². The number of carbonyl (C=O) groups excluding carboxylic acids is 2. The van der Waals surface area contributed by atoms with Gasteiger partial charge in [-0.05, 0) is 60.1 Å². The van der Waals surface area contributed by atoms with Crippen molar-refractivity contribution in [1.82, 2.24) is 0 Å². The minimum absolute atomic E-state index is 0.0270. The number of piperidine rings is 1. The van der Waals surface area contributed by atoms with Crippen LogP contribution in [0.4, 0.5) is 5.69 Å². The van der Waals surface area contributed by atoms with E-state index in [9.17, 15) is 9.59 Å². The van der Waals surface area contributed by atoms with Crippen molar-refractivity contribution in [3.63, 3.8) is 0 Å². The Labute approximate surface area is 124 Å². The average molecular weight is 376 g/mol. The van der Waals surface area contributed by atoms with Crippen LogP contribution in [0.3, 0.4) is 0 Å². The maximum Gasteiger partial charge on any atom is 0.236 e. The highest BCUT2D eigenvalue weighted by Crippen LogP contribution is 2.41. The van der Waals surface area contributed by atoms with Crippen LogP contribution in [-0.4, -0.2) is 11.8 Å². The van der Waals surface area contributed by atoms with Gasteiger partial charge in [0.25, 0.3) is 0 Å². The molecule has 1 saturated carbocycles. The Morgan fingerprint density at radius 1 is 1.17 bits per heavy atom. The minimum atomic E-state index is -0.0472. The number of anilines is 1. The third-order valence-corrected chi connectivity index (χ3v) is 4.82. The summed E-state index contributed by atoms with van der Waals surface area (Å²) < 4.78 is 0.836. The first-order chi connectivity index (χ1) is 8.58. The topological polar surface area (TPSA) is 37.4 Å². The summed E-state index contributed by atoms with van der Waals surface area (Å²) in [5.74, 6) is -0.0404. The highest BCUT2D eigenvalue weighted by atomic mass is 127. The molecule has 2 fully saturated rings. The molecular formula is C13H11ClINO2. The van der Waals surface area contributed by atoms with Crippen LogP contribution < -0.4 is 4.90 Å². The zero-order chi connectivity index (χ0) is 12.9. The molecule has 1 aromatic carbocycles. The second-order valence-electron chi connectivity index (χ2n) is 4.81. The molecule has 3 nitrogen and oxygen atoms in total. The van der Waals surface area contributed by atoms with Gasteiger partial charge >= 0.3 is 0 Å². The molecule has 3 rings (SSSR count). The lowest BCUT2D eigenvalue weighted by molar-refractivity contribution is -0.133. The standard InChI is InChI=1S/C13H11ClINO2/c14-9-3-4-11(10(15)6-9)16-12(17)7-1-2-8(5-7)13(16)18/h3-4,6-8H,1-2,5H2. The SMILES string of the molecule is O=C1C2CCC(C2)C(=O)N1c1ccc(Cl)cc1I. The van der Waals surface area contributed by atoms with E-state index >= 15 is 0 Å². The van der Waals surface area contributed by atoms with Crippen LogP contribution in [0.25, 0.3) is 0 Å². The summed E-state index contributed by atoms with van der Waals surface area (Å²) in [4.78, 5) is 26.0. The molecule has 5 heteroatoms. The third-order valence-electron chi connectivity index (χ3n) is 3.72. The van der Waals surface area contributed by atoms with Crippen molar-refractivity contribution in [2.24, 2.45) is 11.8 Å². The second kappa shape index (κ2) is 4.49. The maximum atomic E-state index is 12.3. The number of nitrogens with zero attached hydrogens (tertiary/aromatic N) is 1. The van der Waals surface area contributed by atoms with Crippen molar-refractivity contribution in [2.75, 3.05) is 4.90 Å². The van der Waals surface area contributed by atoms with E-state index in [1.807, 2.05) is 0 Å². The monoisotopic (exact) mass is 375 g/mol. The molecule has 1 aliphatic carbocycles. The Morgan fingerprint density at radius 2 is 1.78 bits per heavy atom. The van der Waals surface area contributed by atoms with Gasteiger partial charge in [0.1, 0.15) is 0 Å². The van der Waals surface area contributed by atoms with Crippen molar-refractivity contribution in [3.8, 4) is 0 Å². The highest BCUT2D eigenvalue weighted by molar-refractivity contribution is 14.1. The first-order valence-corrected chi connectivity index (χ1v) is 7.36. The molecule has 94 valence electrons. The molecule has 0 aromatic heterocycles. The number of benzene rings is 1. The molecule has 1 aromatic rings. The Morgan fingerprint density at radius 3 is 2.33 bits per heavy atom. The molecule has 1 saturated heterocycles. The summed E-state index contributed by atoms with van der Waals surface area (Å²) in [6.45, 7) is 0. The summed E-state index contributed by atoms with van der Waals surface area (Å²) in [7, 11) is 0. The van der Waals surface area contributed by atoms with Gasteiger partial charge in [-0.15, -0.1) is 0 Å². The van der Waals surface area contributed by atoms with E-state index in [0.29, 0.717) is 10.7 Å². The molecule has 2 aliphatic rings. The van der Waals surface area contributed by atoms with Gasteiger partial charge in [0.2, 0.25) is 11.8 Å². The maximum absolute atomic E-state index is 12.3. The summed E-state index contributed by atoms with van der Waals surface area (Å²) in [5.41, 5.74) is 0.673. The van der Waals surface area contributed by atoms with E-state index in [2.05, 4.69) is 22.6 Å². The van der Waals surface area contributed by atoms with Crippen LogP contribution in [0, 0.1) is 15.4 Å². The van der Waals surface area contributed by atoms with Gasteiger partial charge in [-0.1, -0.05) is 11.6 Å². The minimum Gasteiger partial charge on any atom is -0.274 e. The molecule has 2 bridgehead atoms. The molecule has 2 amide bonds. The summed E-state index contributed by atoms with van der Waals surface area (Å²) in [6.07, 6.45) is 2.42. The molecule has 18 heavy (non-hydrogen) atoms. The van der Waals surface area contributed by atoms with Crippen LogP contribution >= 0.6 is 34.2 Å². The molecule has 0 radical (unpaired) electrons. The first-order valence-electron chi connectivity index (χ1n) is 5.91. The third kappa shape index (κ3) is 1.86. The molecular weight excluding hydrogens is 365 g/mol. The quantitative estimate of drug-likeness (QED) is 0.558. The predicted molar refractivity (Wildman–Crippen MR) is 77.5 cm³/mol. The lowest BCUT2D eigenvalue weighted by Gasteiger charge is -2.30. The van der Waals surface area contributed by atoms with Crippen LogP contribution in [-0.2, 0) is 9.59 Å². The van der Waals surface area contributed by atoms with E-state index in [-0.39, 0.29) is 23.7 Å². The summed E-state index contributed by atoms with van der Waals surface area (Å²) >= 11 is 8.02. The number of amides is 2. The van der Waals surface area contributed by atoms with Gasteiger partial charge in [0.15, 0.2) is 0 Å².